The molecule has 0 saturated heterocycles. The fraction of sp³-hybridized carbons (Fsp3) is 0.261. The predicted octanol–water partition coefficient (Wildman–Crippen LogP) is 3.11. The number of pyridine rings is 2. The quantitative estimate of drug-likeness (QED) is 0.535. The normalized spacial score (nSPS) is 14.9. The number of aromatic nitrogens is 3. The van der Waals surface area contributed by atoms with Gasteiger partial charge in [0.25, 0.3) is 0 Å². The van der Waals surface area contributed by atoms with E-state index < -0.39 is 0 Å². The maximum atomic E-state index is 12.7. The number of rotatable bonds is 6. The highest BCUT2D eigenvalue weighted by Crippen LogP contribution is 2.44. The van der Waals surface area contributed by atoms with Gasteiger partial charge in [0.1, 0.15) is 12.2 Å². The minimum Gasteiger partial charge on any atom is -0.349 e. The number of hydrogen-bond donors (Lipinski definition) is 2. The molecule has 1 aliphatic rings. The molecule has 1 saturated carbocycles. The van der Waals surface area contributed by atoms with Crippen molar-refractivity contribution in [2.24, 2.45) is 0 Å². The van der Waals surface area contributed by atoms with E-state index in [0.29, 0.717) is 6.54 Å². The first kappa shape index (κ1) is 17.8. The summed E-state index contributed by atoms with van der Waals surface area (Å²) in [5, 5.41) is 8.53. The average Bonchev–Trinajstić information content (AvgIpc) is 3.52. The molecule has 1 amide bonds. The lowest BCUT2D eigenvalue weighted by Crippen LogP contribution is -2.28. The summed E-state index contributed by atoms with van der Waals surface area (Å²) in [5.74, 6) is -0.0573. The van der Waals surface area contributed by atoms with Crippen LogP contribution in [0.15, 0.2) is 60.9 Å². The molecule has 3 aromatic heterocycles. The predicted molar refractivity (Wildman–Crippen MR) is 113 cm³/mol. The second-order valence-electron chi connectivity index (χ2n) is 7.62. The Bertz CT molecular complexity index is 1140. The fourth-order valence-electron chi connectivity index (χ4n) is 4.04. The van der Waals surface area contributed by atoms with Crippen LogP contribution >= 0.6 is 0 Å². The van der Waals surface area contributed by atoms with E-state index in [2.05, 4.69) is 32.7 Å². The van der Waals surface area contributed by atoms with Crippen molar-refractivity contribution in [3.05, 3.63) is 72.2 Å². The minimum absolute atomic E-state index is 0.0573. The number of fused-ring (bicyclic) bond motifs is 3. The SMILES string of the molecule is CNC1(c2ccc(CNC(=O)Cn3c4ccccc4c4cccnc43)nc2)CC1. The van der Waals surface area contributed by atoms with E-state index in [9.17, 15) is 4.79 Å². The van der Waals surface area contributed by atoms with Gasteiger partial charge in [-0.25, -0.2) is 4.98 Å². The van der Waals surface area contributed by atoms with Gasteiger partial charge in [-0.05, 0) is 49.7 Å². The minimum atomic E-state index is -0.0573. The standard InChI is InChI=1S/C23H23N5O/c1-24-23(10-11-23)16-8-9-17(26-13-16)14-27-21(29)15-28-20-7-3-2-5-18(20)19-6-4-12-25-22(19)28/h2-9,12-13,24H,10-11,14-15H2,1H3,(H,27,29). The highest BCUT2D eigenvalue weighted by molar-refractivity contribution is 6.07. The molecule has 4 aromatic rings. The maximum absolute atomic E-state index is 12.7. The lowest BCUT2D eigenvalue weighted by molar-refractivity contribution is -0.121. The summed E-state index contributed by atoms with van der Waals surface area (Å²) in [6.45, 7) is 0.637. The Balaban J connectivity index is 1.31. The number of nitrogens with one attached hydrogen (secondary N) is 2. The first-order valence-electron chi connectivity index (χ1n) is 9.93. The number of hydrogen-bond acceptors (Lipinski definition) is 4. The third-order valence-electron chi connectivity index (χ3n) is 5.90. The Morgan fingerprint density at radius 3 is 2.66 bits per heavy atom. The Labute approximate surface area is 169 Å². The van der Waals surface area contributed by atoms with Gasteiger partial charge in [-0.1, -0.05) is 24.3 Å². The molecule has 0 radical (unpaired) electrons. The lowest BCUT2D eigenvalue weighted by atomic mass is 10.1. The van der Waals surface area contributed by atoms with E-state index in [1.165, 1.54) is 5.56 Å². The summed E-state index contributed by atoms with van der Waals surface area (Å²) in [5.41, 5.74) is 4.02. The van der Waals surface area contributed by atoms with E-state index in [4.69, 9.17) is 0 Å². The Morgan fingerprint density at radius 1 is 1.07 bits per heavy atom. The topological polar surface area (TPSA) is 71.8 Å². The van der Waals surface area contributed by atoms with Crippen LogP contribution in [0.5, 0.6) is 0 Å². The smallest absolute Gasteiger partial charge is 0.240 e. The van der Waals surface area contributed by atoms with E-state index in [1.54, 1.807) is 6.20 Å². The summed E-state index contributed by atoms with van der Waals surface area (Å²) in [6.07, 6.45) is 5.98. The zero-order valence-corrected chi connectivity index (χ0v) is 16.4. The van der Waals surface area contributed by atoms with Crippen molar-refractivity contribution in [2.45, 2.75) is 31.5 Å². The molecular formula is C23H23N5O. The summed E-state index contributed by atoms with van der Waals surface area (Å²) in [6, 6.07) is 16.2. The van der Waals surface area contributed by atoms with E-state index in [-0.39, 0.29) is 18.0 Å². The molecule has 5 rings (SSSR count). The van der Waals surface area contributed by atoms with Crippen molar-refractivity contribution in [1.82, 2.24) is 25.2 Å². The van der Waals surface area contributed by atoms with Gasteiger partial charge in [0.05, 0.1) is 17.8 Å². The van der Waals surface area contributed by atoms with Crippen molar-refractivity contribution < 1.29 is 4.79 Å². The third kappa shape index (κ3) is 3.15. The molecule has 1 aromatic carbocycles. The number of carbonyl (C=O) groups excluding carboxylic acids is 1. The summed E-state index contributed by atoms with van der Waals surface area (Å²) < 4.78 is 1.97. The first-order valence-corrected chi connectivity index (χ1v) is 9.93. The molecule has 0 unspecified atom stereocenters. The van der Waals surface area contributed by atoms with Gasteiger partial charge in [-0.3, -0.25) is 9.78 Å². The fourth-order valence-corrected chi connectivity index (χ4v) is 4.04. The highest BCUT2D eigenvalue weighted by Gasteiger charge is 2.42. The second kappa shape index (κ2) is 6.97. The van der Waals surface area contributed by atoms with Crippen LogP contribution in [0.4, 0.5) is 0 Å². The van der Waals surface area contributed by atoms with Crippen LogP contribution in [-0.4, -0.2) is 27.5 Å². The molecule has 0 aliphatic heterocycles. The van der Waals surface area contributed by atoms with Gasteiger partial charge < -0.3 is 15.2 Å². The molecular weight excluding hydrogens is 362 g/mol. The Kier molecular flexibility index (Phi) is 4.28. The lowest BCUT2D eigenvalue weighted by Gasteiger charge is -2.14. The molecule has 6 nitrogen and oxygen atoms in total. The van der Waals surface area contributed by atoms with Crippen LogP contribution in [0.3, 0.4) is 0 Å². The molecule has 146 valence electrons. The van der Waals surface area contributed by atoms with Crippen molar-refractivity contribution >= 4 is 27.8 Å². The zero-order chi connectivity index (χ0) is 19.8. The van der Waals surface area contributed by atoms with Gasteiger partial charge in [-0.2, -0.15) is 0 Å². The van der Waals surface area contributed by atoms with Gasteiger partial charge in [0, 0.05) is 28.7 Å². The van der Waals surface area contributed by atoms with Gasteiger partial charge >= 0.3 is 0 Å². The van der Waals surface area contributed by atoms with E-state index >= 15 is 0 Å². The van der Waals surface area contributed by atoms with Crippen molar-refractivity contribution in [1.29, 1.82) is 0 Å². The first-order chi connectivity index (χ1) is 14.2. The van der Waals surface area contributed by atoms with Crippen LogP contribution in [0.2, 0.25) is 0 Å². The third-order valence-corrected chi connectivity index (χ3v) is 5.90. The number of amides is 1. The van der Waals surface area contributed by atoms with Crippen molar-refractivity contribution in [3.8, 4) is 0 Å². The van der Waals surface area contributed by atoms with Crippen LogP contribution in [-0.2, 0) is 23.4 Å². The van der Waals surface area contributed by atoms with Crippen molar-refractivity contribution in [2.75, 3.05) is 7.05 Å². The largest absolute Gasteiger partial charge is 0.349 e. The van der Waals surface area contributed by atoms with Crippen LogP contribution < -0.4 is 10.6 Å². The van der Waals surface area contributed by atoms with Crippen LogP contribution in [0, 0.1) is 0 Å². The van der Waals surface area contributed by atoms with Gasteiger partial charge in [0.2, 0.25) is 5.91 Å². The molecule has 3 heterocycles. The van der Waals surface area contributed by atoms with E-state index in [0.717, 1.165) is 40.5 Å². The Morgan fingerprint density at radius 2 is 1.90 bits per heavy atom. The molecule has 29 heavy (non-hydrogen) atoms. The average molecular weight is 385 g/mol. The second-order valence-corrected chi connectivity index (χ2v) is 7.62. The number of para-hydroxylation sites is 1. The van der Waals surface area contributed by atoms with Crippen LogP contribution in [0.25, 0.3) is 21.9 Å². The zero-order valence-electron chi connectivity index (χ0n) is 16.4. The molecule has 1 fully saturated rings. The monoisotopic (exact) mass is 385 g/mol. The van der Waals surface area contributed by atoms with Crippen LogP contribution in [0.1, 0.15) is 24.1 Å². The summed E-state index contributed by atoms with van der Waals surface area (Å²) >= 11 is 0. The molecule has 0 bridgehead atoms. The summed E-state index contributed by atoms with van der Waals surface area (Å²) in [7, 11) is 1.99. The highest BCUT2D eigenvalue weighted by atomic mass is 16.1. The molecule has 0 spiro atoms. The molecule has 0 atom stereocenters. The van der Waals surface area contributed by atoms with Gasteiger partial charge in [-0.15, -0.1) is 0 Å². The Hall–Kier alpha value is -3.25. The van der Waals surface area contributed by atoms with Crippen molar-refractivity contribution in [3.63, 3.8) is 0 Å². The number of benzene rings is 1. The van der Waals surface area contributed by atoms with Gasteiger partial charge in [0.15, 0.2) is 0 Å². The number of carbonyl (C=O) groups is 1. The molecule has 1 aliphatic carbocycles. The molecule has 2 N–H and O–H groups in total. The van der Waals surface area contributed by atoms with E-state index in [1.807, 2.05) is 54.2 Å². The molecule has 6 heteroatoms. The maximum Gasteiger partial charge on any atom is 0.240 e. The number of nitrogens with zero attached hydrogens (tertiary/aromatic N) is 3. The summed E-state index contributed by atoms with van der Waals surface area (Å²) in [4.78, 5) is 21.7.